The van der Waals surface area contributed by atoms with Crippen molar-refractivity contribution in [2.24, 2.45) is 0 Å². The van der Waals surface area contributed by atoms with Crippen LogP contribution in [0.3, 0.4) is 0 Å². The number of alkyl halides is 1. The van der Waals surface area contributed by atoms with E-state index in [4.69, 9.17) is 4.74 Å². The van der Waals surface area contributed by atoms with Crippen molar-refractivity contribution in [3.63, 3.8) is 0 Å². The molecule has 0 aliphatic carbocycles. The lowest BCUT2D eigenvalue weighted by Gasteiger charge is -2.06. The Morgan fingerprint density at radius 1 is 1.19 bits per heavy atom. The molecule has 0 aliphatic heterocycles. The van der Waals surface area contributed by atoms with Gasteiger partial charge < -0.3 is 4.74 Å². The molecule has 0 radical (unpaired) electrons. The smallest absolute Gasteiger partial charge is 0.213 e. The number of ether oxygens (including phenoxy) is 1. The van der Waals surface area contributed by atoms with E-state index in [0.29, 0.717) is 13.2 Å². The largest absolute Gasteiger partial charge is 0.381 e. The molecule has 0 aliphatic rings. The molecule has 4 nitrogen and oxygen atoms in total. The topological polar surface area (TPSA) is 55.4 Å². The molecular formula is C10H22INO3S. The van der Waals surface area contributed by atoms with Gasteiger partial charge in [-0.25, -0.2) is 13.1 Å². The Kier molecular flexibility index (Phi) is 11.1. The first kappa shape index (κ1) is 16.6. The van der Waals surface area contributed by atoms with Gasteiger partial charge in [0.2, 0.25) is 10.0 Å². The summed E-state index contributed by atoms with van der Waals surface area (Å²) in [4.78, 5) is 0. The van der Waals surface area contributed by atoms with E-state index in [1.165, 1.54) is 17.3 Å². The Morgan fingerprint density at radius 2 is 1.88 bits per heavy atom. The zero-order chi connectivity index (χ0) is 12.3. The first-order valence-corrected chi connectivity index (χ1v) is 8.91. The van der Waals surface area contributed by atoms with Crippen LogP contribution in [0.2, 0.25) is 0 Å². The highest BCUT2D eigenvalue weighted by Crippen LogP contribution is 2.01. The highest BCUT2D eigenvalue weighted by molar-refractivity contribution is 14.1. The minimum atomic E-state index is -3.12. The standard InChI is InChI=1S/C10H22INO3S/c1-2-15-9-10-16(13,14)12-8-6-4-3-5-7-11/h12H,2-10H2,1H3. The summed E-state index contributed by atoms with van der Waals surface area (Å²) in [6, 6.07) is 0. The monoisotopic (exact) mass is 363 g/mol. The van der Waals surface area contributed by atoms with Crippen LogP contribution in [0.25, 0.3) is 0 Å². The van der Waals surface area contributed by atoms with Crippen molar-refractivity contribution in [1.29, 1.82) is 0 Å². The Labute approximate surface area is 113 Å². The molecule has 16 heavy (non-hydrogen) atoms. The average Bonchev–Trinajstić information content (AvgIpc) is 2.23. The van der Waals surface area contributed by atoms with E-state index in [9.17, 15) is 8.42 Å². The first-order chi connectivity index (χ1) is 7.62. The molecule has 0 amide bonds. The van der Waals surface area contributed by atoms with Crippen LogP contribution < -0.4 is 4.72 Å². The third-order valence-corrected chi connectivity index (χ3v) is 4.19. The van der Waals surface area contributed by atoms with Crippen LogP contribution in [0.5, 0.6) is 0 Å². The molecule has 0 heterocycles. The summed E-state index contributed by atoms with van der Waals surface area (Å²) in [6.07, 6.45) is 4.42. The number of hydrogen-bond acceptors (Lipinski definition) is 3. The predicted molar refractivity (Wildman–Crippen MR) is 75.6 cm³/mol. The van der Waals surface area contributed by atoms with Crippen molar-refractivity contribution < 1.29 is 13.2 Å². The van der Waals surface area contributed by atoms with Crippen LogP contribution in [0.15, 0.2) is 0 Å². The predicted octanol–water partition coefficient (Wildman–Crippen LogP) is 1.94. The molecule has 0 bridgehead atoms. The summed E-state index contributed by atoms with van der Waals surface area (Å²) in [5, 5.41) is 0. The number of rotatable bonds is 11. The van der Waals surface area contributed by atoms with E-state index >= 15 is 0 Å². The molecule has 0 aromatic rings. The summed E-state index contributed by atoms with van der Waals surface area (Å²) >= 11 is 2.35. The Bertz CT molecular complexity index is 244. The van der Waals surface area contributed by atoms with Gasteiger partial charge in [0.25, 0.3) is 0 Å². The van der Waals surface area contributed by atoms with Crippen molar-refractivity contribution in [1.82, 2.24) is 4.72 Å². The van der Waals surface area contributed by atoms with Gasteiger partial charge in [-0.2, -0.15) is 0 Å². The van der Waals surface area contributed by atoms with Crippen LogP contribution >= 0.6 is 22.6 Å². The third kappa shape index (κ3) is 11.1. The normalized spacial score (nSPS) is 11.9. The van der Waals surface area contributed by atoms with Gasteiger partial charge >= 0.3 is 0 Å². The van der Waals surface area contributed by atoms with Gasteiger partial charge in [-0.1, -0.05) is 35.4 Å². The number of nitrogens with one attached hydrogen (secondary N) is 1. The maximum atomic E-state index is 11.4. The molecule has 1 N–H and O–H groups in total. The Balaban J connectivity index is 3.43. The molecule has 0 atom stereocenters. The summed E-state index contributed by atoms with van der Waals surface area (Å²) in [5.74, 6) is 0.0641. The summed E-state index contributed by atoms with van der Waals surface area (Å²) in [5.41, 5.74) is 0. The molecule has 98 valence electrons. The van der Waals surface area contributed by atoms with E-state index in [2.05, 4.69) is 27.3 Å². The second-order valence-electron chi connectivity index (χ2n) is 3.51. The van der Waals surface area contributed by atoms with Crippen molar-refractivity contribution in [2.75, 3.05) is 29.9 Å². The van der Waals surface area contributed by atoms with Crippen LogP contribution in [0, 0.1) is 0 Å². The molecular weight excluding hydrogens is 341 g/mol. The van der Waals surface area contributed by atoms with Crippen LogP contribution in [0.1, 0.15) is 32.6 Å². The van der Waals surface area contributed by atoms with Crippen LogP contribution in [-0.2, 0) is 14.8 Å². The number of unbranched alkanes of at least 4 members (excludes halogenated alkanes) is 3. The van der Waals surface area contributed by atoms with Gasteiger partial charge in [-0.15, -0.1) is 0 Å². The highest BCUT2D eigenvalue weighted by Gasteiger charge is 2.08. The zero-order valence-corrected chi connectivity index (χ0v) is 12.8. The molecule has 6 heteroatoms. The van der Waals surface area contributed by atoms with Crippen molar-refractivity contribution >= 4 is 32.6 Å². The van der Waals surface area contributed by atoms with Gasteiger partial charge in [-0.3, -0.25) is 0 Å². The summed E-state index contributed by atoms with van der Waals surface area (Å²) < 4.78 is 31.6. The third-order valence-electron chi connectivity index (χ3n) is 2.08. The number of halogens is 1. The maximum absolute atomic E-state index is 11.4. The summed E-state index contributed by atoms with van der Waals surface area (Å²) in [7, 11) is -3.12. The van der Waals surface area contributed by atoms with Gasteiger partial charge in [0.1, 0.15) is 0 Å². The molecule has 0 saturated carbocycles. The number of hydrogen-bond donors (Lipinski definition) is 1. The minimum absolute atomic E-state index is 0.0641. The maximum Gasteiger partial charge on any atom is 0.213 e. The van der Waals surface area contributed by atoms with Gasteiger partial charge in [-0.05, 0) is 24.2 Å². The van der Waals surface area contributed by atoms with Gasteiger partial charge in [0.05, 0.1) is 12.4 Å². The lowest BCUT2D eigenvalue weighted by Crippen LogP contribution is -2.29. The fraction of sp³-hybridized carbons (Fsp3) is 1.00. The average molecular weight is 363 g/mol. The lowest BCUT2D eigenvalue weighted by atomic mass is 10.2. The van der Waals surface area contributed by atoms with Gasteiger partial charge in [0, 0.05) is 13.2 Å². The second-order valence-corrected chi connectivity index (χ2v) is 6.52. The van der Waals surface area contributed by atoms with Crippen molar-refractivity contribution in [3.05, 3.63) is 0 Å². The molecule has 0 fully saturated rings. The molecule has 0 saturated heterocycles. The fourth-order valence-electron chi connectivity index (χ4n) is 1.19. The van der Waals surface area contributed by atoms with E-state index < -0.39 is 10.0 Å². The van der Waals surface area contributed by atoms with E-state index in [-0.39, 0.29) is 12.4 Å². The zero-order valence-electron chi connectivity index (χ0n) is 9.87. The highest BCUT2D eigenvalue weighted by atomic mass is 127. The Morgan fingerprint density at radius 3 is 2.50 bits per heavy atom. The van der Waals surface area contributed by atoms with Crippen molar-refractivity contribution in [3.8, 4) is 0 Å². The number of sulfonamides is 1. The van der Waals surface area contributed by atoms with Crippen LogP contribution in [0.4, 0.5) is 0 Å². The second kappa shape index (κ2) is 10.7. The molecule has 0 rings (SSSR count). The van der Waals surface area contributed by atoms with Crippen molar-refractivity contribution in [2.45, 2.75) is 32.6 Å². The first-order valence-electron chi connectivity index (χ1n) is 5.73. The van der Waals surface area contributed by atoms with E-state index in [0.717, 1.165) is 12.8 Å². The molecule has 0 aromatic heterocycles. The quantitative estimate of drug-likeness (QED) is 0.347. The minimum Gasteiger partial charge on any atom is -0.381 e. The molecule has 0 aromatic carbocycles. The molecule has 0 unspecified atom stereocenters. The van der Waals surface area contributed by atoms with Crippen LogP contribution in [-0.4, -0.2) is 38.4 Å². The van der Waals surface area contributed by atoms with Gasteiger partial charge in [0.15, 0.2) is 0 Å². The lowest BCUT2D eigenvalue weighted by molar-refractivity contribution is 0.163. The van der Waals surface area contributed by atoms with E-state index in [1.807, 2.05) is 6.92 Å². The Hall–Kier alpha value is 0.600. The van der Waals surface area contributed by atoms with E-state index in [1.54, 1.807) is 0 Å². The SMILES string of the molecule is CCOCCS(=O)(=O)NCCCCCCI. The fourth-order valence-corrected chi connectivity index (χ4v) is 2.66. The summed E-state index contributed by atoms with van der Waals surface area (Å²) in [6.45, 7) is 3.25. The molecule has 0 spiro atoms.